The van der Waals surface area contributed by atoms with E-state index in [-0.39, 0.29) is 5.60 Å². The number of hydrogen-bond acceptors (Lipinski definition) is 2. The zero-order valence-electron chi connectivity index (χ0n) is 7.89. The van der Waals surface area contributed by atoms with Gasteiger partial charge in [-0.2, -0.15) is 0 Å². The Kier molecular flexibility index (Phi) is 2.60. The molecule has 0 radical (unpaired) electrons. The van der Waals surface area contributed by atoms with Gasteiger partial charge in [0.2, 0.25) is 0 Å². The molecule has 0 aromatic heterocycles. The fraction of sp³-hybridized carbons (Fsp3) is 1.00. The molecule has 0 spiro atoms. The van der Waals surface area contributed by atoms with Gasteiger partial charge in [0.15, 0.2) is 0 Å². The third kappa shape index (κ3) is 1.97. The molecule has 1 aliphatic heterocycles. The fourth-order valence-corrected chi connectivity index (χ4v) is 1.40. The van der Waals surface area contributed by atoms with Gasteiger partial charge in [0, 0.05) is 13.5 Å². The van der Waals surface area contributed by atoms with Crippen LogP contribution in [0.5, 0.6) is 0 Å². The minimum absolute atomic E-state index is 0.0328. The Hall–Kier alpha value is -0.0151. The molecule has 64 valence electrons. The van der Waals surface area contributed by atoms with Crippen molar-refractivity contribution in [2.75, 3.05) is 13.7 Å². The first-order chi connectivity index (χ1) is 5.07. The number of ether oxygens (including phenoxy) is 2. The van der Waals surface area contributed by atoms with Crippen LogP contribution in [0.2, 0.25) is 5.82 Å². The standard InChI is InChI=1S/C8H17BO2/c1-6(9)7-4-8(2,10-3)5-11-7/h6-7H,4-5,9H2,1-3H3/t6?,7-,8+/m1/s1. The van der Waals surface area contributed by atoms with Crippen molar-refractivity contribution in [1.82, 2.24) is 0 Å². The number of hydrogen-bond donors (Lipinski definition) is 0. The molecule has 1 rings (SSSR count). The van der Waals surface area contributed by atoms with Crippen molar-refractivity contribution in [3.8, 4) is 0 Å². The first-order valence-electron chi connectivity index (χ1n) is 4.24. The first-order valence-corrected chi connectivity index (χ1v) is 4.24. The molecular formula is C8H17BO2. The zero-order chi connectivity index (χ0) is 8.48. The van der Waals surface area contributed by atoms with Crippen LogP contribution in [0, 0.1) is 0 Å². The minimum atomic E-state index is -0.0328. The Morgan fingerprint density at radius 2 is 2.36 bits per heavy atom. The summed E-state index contributed by atoms with van der Waals surface area (Å²) in [6, 6.07) is 0. The predicted molar refractivity (Wildman–Crippen MR) is 47.7 cm³/mol. The average Bonchev–Trinajstić information content (AvgIpc) is 2.33. The molecule has 3 heteroatoms. The van der Waals surface area contributed by atoms with E-state index in [2.05, 4.69) is 21.7 Å². The van der Waals surface area contributed by atoms with Crippen molar-refractivity contribution in [2.24, 2.45) is 0 Å². The van der Waals surface area contributed by atoms with Gasteiger partial charge in [0.05, 0.1) is 18.3 Å². The Labute approximate surface area is 69.7 Å². The normalized spacial score (nSPS) is 40.8. The van der Waals surface area contributed by atoms with Crippen molar-refractivity contribution < 1.29 is 9.47 Å². The summed E-state index contributed by atoms with van der Waals surface area (Å²) in [6.07, 6.45) is 1.42. The third-order valence-corrected chi connectivity index (χ3v) is 2.47. The maximum atomic E-state index is 5.60. The van der Waals surface area contributed by atoms with Crippen LogP contribution in [-0.4, -0.2) is 33.3 Å². The van der Waals surface area contributed by atoms with Gasteiger partial charge in [-0.1, -0.05) is 6.92 Å². The van der Waals surface area contributed by atoms with Crippen LogP contribution in [0.25, 0.3) is 0 Å². The highest BCUT2D eigenvalue weighted by Gasteiger charge is 2.37. The van der Waals surface area contributed by atoms with E-state index >= 15 is 0 Å². The predicted octanol–water partition coefficient (Wildman–Crippen LogP) is 0.622. The first kappa shape index (κ1) is 9.08. The van der Waals surface area contributed by atoms with Crippen LogP contribution >= 0.6 is 0 Å². The van der Waals surface area contributed by atoms with E-state index in [1.165, 1.54) is 0 Å². The minimum Gasteiger partial charge on any atom is -0.376 e. The van der Waals surface area contributed by atoms with Crippen molar-refractivity contribution in [2.45, 2.75) is 37.8 Å². The molecule has 0 aromatic carbocycles. The fourth-order valence-electron chi connectivity index (χ4n) is 1.40. The van der Waals surface area contributed by atoms with Gasteiger partial charge in [-0.3, -0.25) is 0 Å². The SMILES string of the molecule is BC(C)[C@H]1C[C@](C)(OC)CO1. The van der Waals surface area contributed by atoms with E-state index < -0.39 is 0 Å². The Balaban J connectivity index is 2.46. The summed E-state index contributed by atoms with van der Waals surface area (Å²) in [5, 5.41) is 0. The van der Waals surface area contributed by atoms with Gasteiger partial charge >= 0.3 is 0 Å². The largest absolute Gasteiger partial charge is 0.376 e. The second-order valence-corrected chi connectivity index (χ2v) is 3.95. The number of methoxy groups -OCH3 is 1. The maximum absolute atomic E-state index is 5.60. The van der Waals surface area contributed by atoms with Gasteiger partial charge in [-0.05, 0) is 12.7 Å². The maximum Gasteiger partial charge on any atom is 0.108 e. The Morgan fingerprint density at radius 3 is 2.64 bits per heavy atom. The molecule has 1 fully saturated rings. The number of rotatable bonds is 2. The van der Waals surface area contributed by atoms with Crippen LogP contribution in [0.15, 0.2) is 0 Å². The molecule has 0 bridgehead atoms. The summed E-state index contributed by atoms with van der Waals surface area (Å²) < 4.78 is 10.9. The lowest BCUT2D eigenvalue weighted by Gasteiger charge is -2.20. The van der Waals surface area contributed by atoms with Gasteiger partial charge in [-0.15, -0.1) is 0 Å². The lowest BCUT2D eigenvalue weighted by Crippen LogP contribution is -2.27. The lowest BCUT2D eigenvalue weighted by atomic mass is 9.81. The molecule has 0 saturated carbocycles. The van der Waals surface area contributed by atoms with Gasteiger partial charge in [0.25, 0.3) is 0 Å². The molecule has 0 aromatic rings. The van der Waals surface area contributed by atoms with E-state index in [9.17, 15) is 0 Å². The van der Waals surface area contributed by atoms with Crippen molar-refractivity contribution in [3.05, 3.63) is 0 Å². The summed E-state index contributed by atoms with van der Waals surface area (Å²) in [5.74, 6) is 0.604. The molecule has 11 heavy (non-hydrogen) atoms. The molecule has 0 amide bonds. The van der Waals surface area contributed by atoms with Gasteiger partial charge in [0.1, 0.15) is 7.85 Å². The quantitative estimate of drug-likeness (QED) is 0.545. The van der Waals surface area contributed by atoms with E-state index in [1.807, 2.05) is 0 Å². The molecule has 0 aliphatic carbocycles. The van der Waals surface area contributed by atoms with Crippen LogP contribution in [0.3, 0.4) is 0 Å². The van der Waals surface area contributed by atoms with Gasteiger partial charge < -0.3 is 9.47 Å². The van der Waals surface area contributed by atoms with Crippen LogP contribution in [0.4, 0.5) is 0 Å². The van der Waals surface area contributed by atoms with E-state index in [1.54, 1.807) is 7.11 Å². The summed E-state index contributed by atoms with van der Waals surface area (Å²) in [6.45, 7) is 5.04. The molecule has 0 N–H and O–H groups in total. The molecular weight excluding hydrogens is 139 g/mol. The Bertz CT molecular complexity index is 138. The summed E-state index contributed by atoms with van der Waals surface area (Å²) >= 11 is 0. The summed E-state index contributed by atoms with van der Waals surface area (Å²) in [7, 11) is 3.94. The molecule has 1 heterocycles. The van der Waals surface area contributed by atoms with Crippen LogP contribution in [-0.2, 0) is 9.47 Å². The zero-order valence-corrected chi connectivity index (χ0v) is 7.89. The second-order valence-electron chi connectivity index (χ2n) is 3.95. The molecule has 1 aliphatic rings. The van der Waals surface area contributed by atoms with Gasteiger partial charge in [-0.25, -0.2) is 0 Å². The van der Waals surface area contributed by atoms with Crippen molar-refractivity contribution in [3.63, 3.8) is 0 Å². The van der Waals surface area contributed by atoms with E-state index in [0.29, 0.717) is 11.9 Å². The van der Waals surface area contributed by atoms with Crippen molar-refractivity contribution >= 4 is 7.85 Å². The summed E-state index contributed by atoms with van der Waals surface area (Å²) in [4.78, 5) is 0. The highest BCUT2D eigenvalue weighted by molar-refractivity contribution is 6.11. The molecule has 1 unspecified atom stereocenters. The van der Waals surface area contributed by atoms with Crippen molar-refractivity contribution in [1.29, 1.82) is 0 Å². The van der Waals surface area contributed by atoms with E-state index in [0.717, 1.165) is 13.0 Å². The highest BCUT2D eigenvalue weighted by Crippen LogP contribution is 2.31. The third-order valence-electron chi connectivity index (χ3n) is 2.47. The van der Waals surface area contributed by atoms with E-state index in [4.69, 9.17) is 9.47 Å². The molecule has 2 nitrogen and oxygen atoms in total. The highest BCUT2D eigenvalue weighted by atomic mass is 16.6. The lowest BCUT2D eigenvalue weighted by molar-refractivity contribution is -0.00404. The smallest absolute Gasteiger partial charge is 0.108 e. The molecule has 3 atom stereocenters. The summed E-state index contributed by atoms with van der Waals surface area (Å²) in [5.41, 5.74) is -0.0328. The van der Waals surface area contributed by atoms with Crippen LogP contribution in [0.1, 0.15) is 20.3 Å². The van der Waals surface area contributed by atoms with Crippen LogP contribution < -0.4 is 0 Å². The topological polar surface area (TPSA) is 18.5 Å². The second kappa shape index (κ2) is 3.15. The Morgan fingerprint density at radius 1 is 1.73 bits per heavy atom. The average molecular weight is 156 g/mol. The molecule has 1 saturated heterocycles. The monoisotopic (exact) mass is 156 g/mol.